The van der Waals surface area contributed by atoms with Crippen molar-refractivity contribution in [2.75, 3.05) is 12.4 Å². The average molecular weight is 515 g/mol. The van der Waals surface area contributed by atoms with Crippen LogP contribution in [0.4, 0.5) is 11.6 Å². The Bertz CT molecular complexity index is 1610. The van der Waals surface area contributed by atoms with Crippen molar-refractivity contribution in [2.24, 2.45) is 12.8 Å². The number of nitrogens with one attached hydrogen (secondary N) is 1. The molecular formula is C27H26N6O3S. The van der Waals surface area contributed by atoms with E-state index in [1.807, 2.05) is 75.6 Å². The molecule has 3 N–H and O–H groups in total. The molecule has 5 rings (SSSR count). The van der Waals surface area contributed by atoms with Gasteiger partial charge in [-0.25, -0.2) is 9.97 Å². The molecule has 2 aromatic carbocycles. The quantitative estimate of drug-likeness (QED) is 0.285. The zero-order chi connectivity index (χ0) is 26.1. The number of ether oxygens (including phenoxy) is 2. The molecule has 0 saturated heterocycles. The predicted octanol–water partition coefficient (Wildman–Crippen LogP) is 5.40. The number of benzene rings is 2. The Balaban J connectivity index is 1.59. The maximum absolute atomic E-state index is 12.3. The fourth-order valence-corrected chi connectivity index (χ4v) is 5.03. The minimum atomic E-state index is -0.531. The van der Waals surface area contributed by atoms with E-state index in [0.29, 0.717) is 39.1 Å². The molecular weight excluding hydrogens is 488 g/mol. The maximum Gasteiger partial charge on any atom is 0.259 e. The highest BCUT2D eigenvalue weighted by Gasteiger charge is 2.22. The summed E-state index contributed by atoms with van der Waals surface area (Å²) in [6.07, 6.45) is 3.54. The van der Waals surface area contributed by atoms with Gasteiger partial charge < -0.3 is 20.5 Å². The lowest BCUT2D eigenvalue weighted by molar-refractivity contribution is 0.100. The van der Waals surface area contributed by atoms with Gasteiger partial charge in [-0.3, -0.25) is 9.48 Å². The van der Waals surface area contributed by atoms with Crippen molar-refractivity contribution in [1.82, 2.24) is 19.7 Å². The molecule has 37 heavy (non-hydrogen) atoms. The van der Waals surface area contributed by atoms with Crippen LogP contribution >= 0.6 is 11.3 Å². The fourth-order valence-electron chi connectivity index (χ4n) is 4.05. The number of hydrogen-bond acceptors (Lipinski definition) is 8. The number of nitrogens with zero attached hydrogens (tertiary/aromatic N) is 4. The summed E-state index contributed by atoms with van der Waals surface area (Å²) in [5, 5.41) is 7.77. The topological polar surface area (TPSA) is 117 Å². The first kappa shape index (κ1) is 24.3. The van der Waals surface area contributed by atoms with Gasteiger partial charge >= 0.3 is 0 Å². The molecule has 0 radical (unpaired) electrons. The largest absolute Gasteiger partial charge is 0.496 e. The van der Waals surface area contributed by atoms with Crippen LogP contribution in [0.2, 0.25) is 0 Å². The van der Waals surface area contributed by atoms with Crippen molar-refractivity contribution >= 4 is 39.1 Å². The number of methoxy groups -OCH3 is 1. The van der Waals surface area contributed by atoms with Crippen LogP contribution in [-0.4, -0.2) is 38.9 Å². The first-order chi connectivity index (χ1) is 17.8. The Morgan fingerprint density at radius 2 is 1.95 bits per heavy atom. The predicted molar refractivity (Wildman–Crippen MR) is 146 cm³/mol. The lowest BCUT2D eigenvalue weighted by Gasteiger charge is -2.16. The number of carbonyl (C=O) groups excluding carboxylic acids is 1. The number of primary amides is 1. The highest BCUT2D eigenvalue weighted by atomic mass is 32.1. The Morgan fingerprint density at radius 3 is 2.65 bits per heavy atom. The summed E-state index contributed by atoms with van der Waals surface area (Å²) in [5.41, 5.74) is 10.2. The van der Waals surface area contributed by atoms with Crippen LogP contribution in [0, 0.1) is 0 Å². The molecule has 1 amide bonds. The number of rotatable bonds is 8. The van der Waals surface area contributed by atoms with Gasteiger partial charge in [-0.05, 0) is 38.1 Å². The zero-order valence-corrected chi connectivity index (χ0v) is 21.7. The van der Waals surface area contributed by atoms with Gasteiger partial charge in [-0.1, -0.05) is 24.3 Å². The molecule has 0 unspecified atom stereocenters. The van der Waals surface area contributed by atoms with E-state index in [4.69, 9.17) is 20.2 Å². The molecule has 0 aliphatic rings. The molecule has 3 heterocycles. The van der Waals surface area contributed by atoms with Crippen LogP contribution in [0.15, 0.2) is 60.9 Å². The van der Waals surface area contributed by atoms with E-state index in [1.54, 1.807) is 18.0 Å². The van der Waals surface area contributed by atoms with Crippen LogP contribution in [0.1, 0.15) is 23.5 Å². The summed E-state index contributed by atoms with van der Waals surface area (Å²) in [6.45, 7) is 3.94. The minimum absolute atomic E-state index is 0.0462. The van der Waals surface area contributed by atoms with E-state index in [-0.39, 0.29) is 6.10 Å². The normalized spacial score (nSPS) is 11.2. The Kier molecular flexibility index (Phi) is 6.49. The molecule has 0 aliphatic carbocycles. The van der Waals surface area contributed by atoms with E-state index in [9.17, 15) is 4.79 Å². The molecule has 9 nitrogen and oxygen atoms in total. The lowest BCUT2D eigenvalue weighted by atomic mass is 10.0. The standard InChI is InChI=1S/C27H26N6O3S/c1-15(2)36-21-13-16(18-11-12-33(3)32-18)9-10-19(21)30-27-29-14-22-24(31-27)23(25(37-22)26(28)34)17-7-5-6-8-20(17)35-4/h5-15H,1-4H3,(H2,28,34)(H,29,30,31). The molecule has 0 atom stereocenters. The molecule has 10 heteroatoms. The number of amides is 1. The van der Waals surface area contributed by atoms with Crippen molar-refractivity contribution in [2.45, 2.75) is 20.0 Å². The number of para-hydroxylation sites is 1. The van der Waals surface area contributed by atoms with Crippen LogP contribution in [0.5, 0.6) is 11.5 Å². The number of carbonyl (C=O) groups is 1. The first-order valence-corrected chi connectivity index (χ1v) is 12.5. The van der Waals surface area contributed by atoms with Gasteiger partial charge in [0.2, 0.25) is 5.95 Å². The molecule has 188 valence electrons. The van der Waals surface area contributed by atoms with Gasteiger partial charge in [-0.15, -0.1) is 11.3 Å². The highest BCUT2D eigenvalue weighted by molar-refractivity contribution is 7.21. The summed E-state index contributed by atoms with van der Waals surface area (Å²) < 4.78 is 14.2. The molecule has 0 bridgehead atoms. The second-order valence-electron chi connectivity index (χ2n) is 8.65. The number of aryl methyl sites for hydroxylation is 1. The fraction of sp³-hybridized carbons (Fsp3) is 0.185. The summed E-state index contributed by atoms with van der Waals surface area (Å²) in [6, 6.07) is 15.2. The van der Waals surface area contributed by atoms with Crippen LogP contribution < -0.4 is 20.5 Å². The van der Waals surface area contributed by atoms with Crippen LogP contribution in [-0.2, 0) is 7.05 Å². The highest BCUT2D eigenvalue weighted by Crippen LogP contribution is 2.42. The number of anilines is 2. The maximum atomic E-state index is 12.3. The van der Waals surface area contributed by atoms with E-state index >= 15 is 0 Å². The molecule has 0 fully saturated rings. The average Bonchev–Trinajstić information content (AvgIpc) is 3.48. The second-order valence-corrected chi connectivity index (χ2v) is 9.71. The van der Waals surface area contributed by atoms with E-state index < -0.39 is 5.91 Å². The van der Waals surface area contributed by atoms with E-state index in [2.05, 4.69) is 15.4 Å². The van der Waals surface area contributed by atoms with Crippen molar-refractivity contribution in [3.63, 3.8) is 0 Å². The van der Waals surface area contributed by atoms with Gasteiger partial charge in [0, 0.05) is 29.9 Å². The van der Waals surface area contributed by atoms with Gasteiger partial charge in [0.25, 0.3) is 5.91 Å². The Hall–Kier alpha value is -4.44. The summed E-state index contributed by atoms with van der Waals surface area (Å²) >= 11 is 1.26. The monoisotopic (exact) mass is 514 g/mol. The van der Waals surface area contributed by atoms with Crippen LogP contribution in [0.3, 0.4) is 0 Å². The zero-order valence-electron chi connectivity index (χ0n) is 20.9. The van der Waals surface area contributed by atoms with Crippen LogP contribution in [0.25, 0.3) is 32.6 Å². The number of aromatic nitrogens is 4. The number of thiophene rings is 1. The minimum Gasteiger partial charge on any atom is -0.496 e. The third-order valence-corrected chi connectivity index (χ3v) is 6.76. The van der Waals surface area contributed by atoms with Gasteiger partial charge in [0.1, 0.15) is 16.4 Å². The second kappa shape index (κ2) is 9.90. The number of fused-ring (bicyclic) bond motifs is 1. The summed E-state index contributed by atoms with van der Waals surface area (Å²) in [5.74, 6) is 1.10. The Morgan fingerprint density at radius 1 is 1.14 bits per heavy atom. The Labute approximate surface area is 217 Å². The molecule has 3 aromatic heterocycles. The van der Waals surface area contributed by atoms with Gasteiger partial charge in [0.15, 0.2) is 0 Å². The van der Waals surface area contributed by atoms with E-state index in [0.717, 1.165) is 21.5 Å². The lowest BCUT2D eigenvalue weighted by Crippen LogP contribution is -2.10. The van der Waals surface area contributed by atoms with Crippen molar-refractivity contribution in [3.8, 4) is 33.9 Å². The third kappa shape index (κ3) is 4.83. The van der Waals surface area contributed by atoms with Gasteiger partial charge in [0.05, 0.1) is 41.0 Å². The van der Waals surface area contributed by atoms with Crippen molar-refractivity contribution in [3.05, 3.63) is 65.8 Å². The smallest absolute Gasteiger partial charge is 0.259 e. The SMILES string of the molecule is COc1ccccc1-c1c(C(N)=O)sc2cnc(Nc3ccc(-c4ccn(C)n4)cc3OC(C)C)nc12. The van der Waals surface area contributed by atoms with Gasteiger partial charge in [-0.2, -0.15) is 5.10 Å². The van der Waals surface area contributed by atoms with Crippen molar-refractivity contribution in [1.29, 1.82) is 0 Å². The number of nitrogens with two attached hydrogens (primary N) is 1. The first-order valence-electron chi connectivity index (χ1n) is 11.6. The van der Waals surface area contributed by atoms with E-state index in [1.165, 1.54) is 11.3 Å². The summed E-state index contributed by atoms with van der Waals surface area (Å²) in [4.78, 5) is 22.0. The third-order valence-electron chi connectivity index (χ3n) is 5.63. The molecule has 0 aliphatic heterocycles. The number of hydrogen-bond donors (Lipinski definition) is 2. The van der Waals surface area contributed by atoms with Crippen molar-refractivity contribution < 1.29 is 14.3 Å². The molecule has 5 aromatic rings. The summed E-state index contributed by atoms with van der Waals surface area (Å²) in [7, 11) is 3.47. The molecule has 0 saturated carbocycles. The molecule has 0 spiro atoms.